The molecule has 4 rings (SSSR count). The molecule has 168 valence electrons. The number of hydrogen-bond acceptors (Lipinski definition) is 5. The third kappa shape index (κ3) is 4.46. The number of carbonyl (C=O) groups excluding carboxylic acids is 1. The van der Waals surface area contributed by atoms with Gasteiger partial charge in [-0.25, -0.2) is 4.98 Å². The van der Waals surface area contributed by atoms with Crippen LogP contribution in [0.4, 0.5) is 0 Å². The number of halogens is 1. The minimum Gasteiger partial charge on any atom is -0.394 e. The van der Waals surface area contributed by atoms with Gasteiger partial charge < -0.3 is 15.5 Å². The smallest absolute Gasteiger partial charge is 0.270 e. The van der Waals surface area contributed by atoms with Gasteiger partial charge in [0.05, 0.1) is 24.8 Å². The van der Waals surface area contributed by atoms with Crippen molar-refractivity contribution in [2.75, 3.05) is 13.2 Å². The fraction of sp³-hybridized carbons (Fsp3) is 0.192. The summed E-state index contributed by atoms with van der Waals surface area (Å²) in [5, 5.41) is 22.8. The molecule has 0 saturated carbocycles. The monoisotopic (exact) mass is 461 g/mol. The summed E-state index contributed by atoms with van der Waals surface area (Å²) in [6.45, 7) is 3.31. The Balaban J connectivity index is 2.01. The first-order valence-electron chi connectivity index (χ1n) is 10.6. The van der Waals surface area contributed by atoms with E-state index < -0.39 is 11.9 Å². The van der Waals surface area contributed by atoms with E-state index in [2.05, 4.69) is 15.3 Å². The van der Waals surface area contributed by atoms with Crippen LogP contribution in [-0.2, 0) is 0 Å². The standard InChI is InChI=1S/C26H24ClN3O3/c1-15-11-22-25(16(2)24(15)17-7-9-28-10-8-17)20(19-5-3-4-6-21(19)27)12-23(30-22)26(33)29-18(13-31)14-32/h3-12,18,31-32H,13-14H2,1-2H3,(H,29,33). The van der Waals surface area contributed by atoms with Gasteiger partial charge in [-0.15, -0.1) is 0 Å². The van der Waals surface area contributed by atoms with Crippen molar-refractivity contribution in [3.8, 4) is 22.3 Å². The molecule has 0 unspecified atom stereocenters. The van der Waals surface area contributed by atoms with E-state index in [-0.39, 0.29) is 18.9 Å². The van der Waals surface area contributed by atoms with E-state index in [1.807, 2.05) is 56.3 Å². The summed E-state index contributed by atoms with van der Waals surface area (Å²) < 4.78 is 0. The number of nitrogens with one attached hydrogen (secondary N) is 1. The van der Waals surface area contributed by atoms with Crippen LogP contribution in [0.3, 0.4) is 0 Å². The summed E-state index contributed by atoms with van der Waals surface area (Å²) >= 11 is 6.57. The number of aliphatic hydroxyl groups excluding tert-OH is 2. The zero-order valence-corrected chi connectivity index (χ0v) is 19.1. The Labute approximate surface area is 196 Å². The maximum Gasteiger partial charge on any atom is 0.270 e. The molecule has 0 radical (unpaired) electrons. The second-order valence-electron chi connectivity index (χ2n) is 7.89. The number of rotatable bonds is 6. The van der Waals surface area contributed by atoms with Crippen LogP contribution in [0.2, 0.25) is 5.02 Å². The van der Waals surface area contributed by atoms with Gasteiger partial charge in [-0.1, -0.05) is 29.8 Å². The third-order valence-corrected chi connectivity index (χ3v) is 6.02. The zero-order chi connectivity index (χ0) is 23.5. The first-order valence-corrected chi connectivity index (χ1v) is 10.9. The van der Waals surface area contributed by atoms with Crippen LogP contribution in [0, 0.1) is 13.8 Å². The lowest BCUT2D eigenvalue weighted by Gasteiger charge is -2.19. The number of aryl methyl sites for hydroxylation is 2. The minimum atomic E-state index is -0.767. The normalized spacial score (nSPS) is 11.2. The van der Waals surface area contributed by atoms with E-state index in [0.29, 0.717) is 10.5 Å². The van der Waals surface area contributed by atoms with E-state index in [1.54, 1.807) is 18.5 Å². The largest absolute Gasteiger partial charge is 0.394 e. The van der Waals surface area contributed by atoms with Crippen molar-refractivity contribution in [1.82, 2.24) is 15.3 Å². The molecule has 0 aliphatic heterocycles. The topological polar surface area (TPSA) is 95.3 Å². The molecule has 0 fully saturated rings. The van der Waals surface area contributed by atoms with E-state index in [9.17, 15) is 15.0 Å². The molecule has 2 aromatic carbocycles. The number of aromatic nitrogens is 2. The second-order valence-corrected chi connectivity index (χ2v) is 8.30. The quantitative estimate of drug-likeness (QED) is 0.397. The van der Waals surface area contributed by atoms with Crippen molar-refractivity contribution >= 4 is 28.4 Å². The number of nitrogens with zero attached hydrogens (tertiary/aromatic N) is 2. The van der Waals surface area contributed by atoms with Crippen molar-refractivity contribution in [1.29, 1.82) is 0 Å². The molecular weight excluding hydrogens is 438 g/mol. The number of carbonyl (C=O) groups is 1. The molecule has 0 aliphatic carbocycles. The molecule has 1 amide bonds. The van der Waals surface area contributed by atoms with Gasteiger partial charge >= 0.3 is 0 Å². The molecule has 0 saturated heterocycles. The Hall–Kier alpha value is -3.32. The van der Waals surface area contributed by atoms with Crippen molar-refractivity contribution in [2.24, 2.45) is 0 Å². The summed E-state index contributed by atoms with van der Waals surface area (Å²) in [4.78, 5) is 21.7. The Morgan fingerprint density at radius 2 is 1.73 bits per heavy atom. The van der Waals surface area contributed by atoms with Crippen molar-refractivity contribution in [2.45, 2.75) is 19.9 Å². The molecule has 6 nitrogen and oxygen atoms in total. The molecule has 0 spiro atoms. The molecule has 0 atom stereocenters. The number of aliphatic hydroxyl groups is 2. The van der Waals surface area contributed by atoms with Crippen LogP contribution < -0.4 is 5.32 Å². The van der Waals surface area contributed by atoms with Gasteiger partial charge in [0.2, 0.25) is 0 Å². The highest BCUT2D eigenvalue weighted by Crippen LogP contribution is 2.39. The van der Waals surface area contributed by atoms with Crippen molar-refractivity contribution in [3.05, 3.63) is 82.8 Å². The summed E-state index contributed by atoms with van der Waals surface area (Å²) in [5.41, 5.74) is 6.58. The third-order valence-electron chi connectivity index (χ3n) is 5.69. The highest BCUT2D eigenvalue weighted by atomic mass is 35.5. The molecule has 0 aliphatic rings. The van der Waals surface area contributed by atoms with Crippen LogP contribution in [0.1, 0.15) is 21.6 Å². The van der Waals surface area contributed by atoms with Crippen molar-refractivity contribution in [3.63, 3.8) is 0 Å². The maximum absolute atomic E-state index is 12.9. The molecule has 33 heavy (non-hydrogen) atoms. The molecule has 4 aromatic rings. The fourth-order valence-corrected chi connectivity index (χ4v) is 4.38. The van der Waals surface area contributed by atoms with Crippen LogP contribution in [0.25, 0.3) is 33.2 Å². The minimum absolute atomic E-state index is 0.180. The Bertz CT molecular complexity index is 1320. The Morgan fingerprint density at radius 1 is 1.03 bits per heavy atom. The number of amides is 1. The van der Waals surface area contributed by atoms with Gasteiger partial charge in [-0.05, 0) is 72.0 Å². The zero-order valence-electron chi connectivity index (χ0n) is 18.3. The van der Waals surface area contributed by atoms with Crippen LogP contribution in [0.15, 0.2) is 60.9 Å². The van der Waals surface area contributed by atoms with Crippen LogP contribution >= 0.6 is 11.6 Å². The maximum atomic E-state index is 12.9. The van der Waals surface area contributed by atoms with E-state index in [4.69, 9.17) is 11.6 Å². The van der Waals surface area contributed by atoms with E-state index in [0.717, 1.165) is 38.8 Å². The second kappa shape index (κ2) is 9.67. The lowest BCUT2D eigenvalue weighted by atomic mass is 9.89. The van der Waals surface area contributed by atoms with Gasteiger partial charge in [0.25, 0.3) is 5.91 Å². The van der Waals surface area contributed by atoms with Gasteiger partial charge in [-0.2, -0.15) is 0 Å². The van der Waals surface area contributed by atoms with Crippen LogP contribution in [-0.4, -0.2) is 45.3 Å². The average molecular weight is 462 g/mol. The predicted molar refractivity (Wildman–Crippen MR) is 130 cm³/mol. The molecule has 2 heterocycles. The van der Waals surface area contributed by atoms with E-state index >= 15 is 0 Å². The Morgan fingerprint density at radius 3 is 2.39 bits per heavy atom. The molecule has 3 N–H and O–H groups in total. The summed E-state index contributed by atoms with van der Waals surface area (Å²) in [6.07, 6.45) is 3.52. The summed E-state index contributed by atoms with van der Waals surface area (Å²) in [6, 6.07) is 14.3. The highest BCUT2D eigenvalue weighted by Gasteiger charge is 2.20. The summed E-state index contributed by atoms with van der Waals surface area (Å²) in [7, 11) is 0. The van der Waals surface area contributed by atoms with Gasteiger partial charge in [0.15, 0.2) is 0 Å². The molecule has 7 heteroatoms. The Kier molecular flexibility index (Phi) is 6.70. The number of pyridine rings is 2. The number of benzene rings is 2. The lowest BCUT2D eigenvalue weighted by Crippen LogP contribution is -2.40. The van der Waals surface area contributed by atoms with E-state index in [1.165, 1.54) is 0 Å². The van der Waals surface area contributed by atoms with Crippen LogP contribution in [0.5, 0.6) is 0 Å². The fourth-order valence-electron chi connectivity index (χ4n) is 4.14. The first kappa shape index (κ1) is 22.9. The predicted octanol–water partition coefficient (Wildman–Crippen LogP) is 4.32. The number of hydrogen-bond donors (Lipinski definition) is 3. The molecule has 2 aromatic heterocycles. The van der Waals surface area contributed by atoms with Crippen molar-refractivity contribution < 1.29 is 15.0 Å². The lowest BCUT2D eigenvalue weighted by molar-refractivity contribution is 0.0875. The highest BCUT2D eigenvalue weighted by molar-refractivity contribution is 6.33. The van der Waals surface area contributed by atoms with Gasteiger partial charge in [0, 0.05) is 28.4 Å². The SMILES string of the molecule is Cc1cc2nc(C(=O)NC(CO)CO)cc(-c3ccccc3Cl)c2c(C)c1-c1ccncc1. The molecule has 0 bridgehead atoms. The first-order chi connectivity index (χ1) is 15.9. The average Bonchev–Trinajstić information content (AvgIpc) is 2.82. The van der Waals surface area contributed by atoms with Gasteiger partial charge in [-0.3, -0.25) is 9.78 Å². The molecular formula is C26H24ClN3O3. The number of fused-ring (bicyclic) bond motifs is 1. The van der Waals surface area contributed by atoms with Gasteiger partial charge in [0.1, 0.15) is 5.69 Å². The summed E-state index contributed by atoms with van der Waals surface area (Å²) in [5.74, 6) is -0.480.